The molecular formula is C7H11NO3. The number of amides is 1. The Kier molecular flexibility index (Phi) is 2.12. The summed E-state index contributed by atoms with van der Waals surface area (Å²) in [5.74, 6) is -0.784. The minimum atomic E-state index is -0.837. The second-order valence-electron chi connectivity index (χ2n) is 2.80. The number of aliphatic carboxylic acids is 1. The molecule has 1 saturated heterocycles. The highest BCUT2D eigenvalue weighted by molar-refractivity contribution is 5.79. The maximum Gasteiger partial charge on any atom is 0.305 e. The van der Waals surface area contributed by atoms with Gasteiger partial charge in [-0.2, -0.15) is 0 Å². The summed E-state index contributed by atoms with van der Waals surface area (Å²) in [6.45, 7) is 0. The van der Waals surface area contributed by atoms with Gasteiger partial charge in [-0.1, -0.05) is 0 Å². The van der Waals surface area contributed by atoms with Crippen molar-refractivity contribution in [1.29, 1.82) is 0 Å². The average Bonchev–Trinajstić information content (AvgIpc) is 2.18. The number of likely N-dealkylation sites (tertiary alicyclic amines) is 1. The third kappa shape index (κ3) is 1.69. The van der Waals surface area contributed by atoms with Crippen LogP contribution in [0.1, 0.15) is 19.3 Å². The van der Waals surface area contributed by atoms with Crippen LogP contribution in [0.2, 0.25) is 0 Å². The van der Waals surface area contributed by atoms with E-state index in [-0.39, 0.29) is 18.4 Å². The fourth-order valence-electron chi connectivity index (χ4n) is 1.30. The first kappa shape index (κ1) is 8.04. The van der Waals surface area contributed by atoms with E-state index in [0.717, 1.165) is 0 Å². The molecule has 0 spiro atoms. The summed E-state index contributed by atoms with van der Waals surface area (Å²) < 4.78 is 0. The second-order valence-corrected chi connectivity index (χ2v) is 2.80. The highest BCUT2D eigenvalue weighted by Crippen LogP contribution is 2.18. The number of carbonyl (C=O) groups is 2. The lowest BCUT2D eigenvalue weighted by atomic mass is 10.1. The van der Waals surface area contributed by atoms with Crippen LogP contribution >= 0.6 is 0 Å². The summed E-state index contributed by atoms with van der Waals surface area (Å²) in [5, 5.41) is 8.44. The van der Waals surface area contributed by atoms with Gasteiger partial charge in [0.15, 0.2) is 0 Å². The van der Waals surface area contributed by atoms with Crippen molar-refractivity contribution in [2.75, 3.05) is 7.05 Å². The van der Waals surface area contributed by atoms with Gasteiger partial charge in [-0.25, -0.2) is 0 Å². The zero-order chi connectivity index (χ0) is 8.43. The van der Waals surface area contributed by atoms with Crippen LogP contribution in [-0.2, 0) is 9.59 Å². The number of rotatable bonds is 2. The van der Waals surface area contributed by atoms with Gasteiger partial charge in [0.05, 0.1) is 6.42 Å². The zero-order valence-electron chi connectivity index (χ0n) is 6.41. The SMILES string of the molecule is CN1C(=O)CC[C@H]1CC(=O)O. The van der Waals surface area contributed by atoms with Crippen LogP contribution in [0.25, 0.3) is 0 Å². The van der Waals surface area contributed by atoms with Gasteiger partial charge in [0, 0.05) is 19.5 Å². The standard InChI is InChI=1S/C7H11NO3/c1-8-5(4-7(10)11)2-3-6(8)9/h5H,2-4H2,1H3,(H,10,11)/t5-/m0/s1. The number of nitrogens with zero attached hydrogens (tertiary/aromatic N) is 1. The van der Waals surface area contributed by atoms with Gasteiger partial charge in [-0.05, 0) is 6.42 Å². The summed E-state index contributed by atoms with van der Waals surface area (Å²) in [4.78, 5) is 22.7. The molecule has 1 N–H and O–H groups in total. The topological polar surface area (TPSA) is 57.6 Å². The number of carboxylic acids is 1. The molecule has 4 heteroatoms. The van der Waals surface area contributed by atoms with Gasteiger partial charge in [0.1, 0.15) is 0 Å². The summed E-state index contributed by atoms with van der Waals surface area (Å²) >= 11 is 0. The first-order valence-corrected chi connectivity index (χ1v) is 3.58. The molecule has 0 aromatic heterocycles. The average molecular weight is 157 g/mol. The summed E-state index contributed by atoms with van der Waals surface area (Å²) in [6.07, 6.45) is 1.25. The van der Waals surface area contributed by atoms with E-state index < -0.39 is 5.97 Å². The third-order valence-corrected chi connectivity index (χ3v) is 2.04. The molecule has 1 amide bonds. The van der Waals surface area contributed by atoms with Gasteiger partial charge >= 0.3 is 5.97 Å². The minimum Gasteiger partial charge on any atom is -0.481 e. The van der Waals surface area contributed by atoms with Crippen LogP contribution < -0.4 is 0 Å². The van der Waals surface area contributed by atoms with E-state index in [9.17, 15) is 9.59 Å². The van der Waals surface area contributed by atoms with E-state index >= 15 is 0 Å². The lowest BCUT2D eigenvalue weighted by Gasteiger charge is -2.17. The van der Waals surface area contributed by atoms with Crippen LogP contribution in [0.3, 0.4) is 0 Å². The molecule has 0 aromatic carbocycles. The summed E-state index contributed by atoms with van der Waals surface area (Å²) in [6, 6.07) is -0.0833. The van der Waals surface area contributed by atoms with Crippen LogP contribution in [0, 0.1) is 0 Å². The van der Waals surface area contributed by atoms with Crippen LogP contribution in [0.4, 0.5) is 0 Å². The fraction of sp³-hybridized carbons (Fsp3) is 0.714. The first-order valence-electron chi connectivity index (χ1n) is 3.58. The van der Waals surface area contributed by atoms with Crippen LogP contribution in [0.15, 0.2) is 0 Å². The predicted octanol–water partition coefficient (Wildman–Crippen LogP) is 0.0819. The highest BCUT2D eigenvalue weighted by Gasteiger charge is 2.28. The van der Waals surface area contributed by atoms with Crippen molar-refractivity contribution in [3.8, 4) is 0 Å². The third-order valence-electron chi connectivity index (χ3n) is 2.04. The normalized spacial score (nSPS) is 24.3. The van der Waals surface area contributed by atoms with Crippen molar-refractivity contribution in [2.45, 2.75) is 25.3 Å². The van der Waals surface area contributed by atoms with Crippen molar-refractivity contribution in [3.05, 3.63) is 0 Å². The molecule has 0 bridgehead atoms. The first-order chi connectivity index (χ1) is 5.11. The minimum absolute atomic E-state index is 0.0521. The molecule has 1 atom stereocenters. The monoisotopic (exact) mass is 157 g/mol. The number of carbonyl (C=O) groups excluding carboxylic acids is 1. The van der Waals surface area contributed by atoms with E-state index in [2.05, 4.69) is 0 Å². The van der Waals surface area contributed by atoms with E-state index in [4.69, 9.17) is 5.11 Å². The quantitative estimate of drug-likeness (QED) is 0.617. The molecule has 1 fully saturated rings. The zero-order valence-corrected chi connectivity index (χ0v) is 6.41. The number of hydrogen-bond acceptors (Lipinski definition) is 2. The molecule has 0 aliphatic carbocycles. The van der Waals surface area contributed by atoms with Crippen molar-refractivity contribution in [3.63, 3.8) is 0 Å². The van der Waals surface area contributed by atoms with E-state index in [1.54, 1.807) is 7.05 Å². The Bertz CT molecular complexity index is 190. The van der Waals surface area contributed by atoms with E-state index in [0.29, 0.717) is 12.8 Å². The molecule has 1 aliphatic heterocycles. The molecule has 62 valence electrons. The summed E-state index contributed by atoms with van der Waals surface area (Å²) in [7, 11) is 1.66. The maximum atomic E-state index is 10.9. The highest BCUT2D eigenvalue weighted by atomic mass is 16.4. The predicted molar refractivity (Wildman–Crippen MR) is 38.0 cm³/mol. The molecule has 11 heavy (non-hydrogen) atoms. The molecule has 1 heterocycles. The largest absolute Gasteiger partial charge is 0.481 e. The fourth-order valence-corrected chi connectivity index (χ4v) is 1.30. The van der Waals surface area contributed by atoms with E-state index in [1.165, 1.54) is 4.90 Å². The summed E-state index contributed by atoms with van der Waals surface area (Å²) in [5.41, 5.74) is 0. The van der Waals surface area contributed by atoms with Gasteiger partial charge in [-0.15, -0.1) is 0 Å². The Morgan fingerprint density at radius 3 is 2.82 bits per heavy atom. The molecule has 0 radical (unpaired) electrons. The van der Waals surface area contributed by atoms with Crippen molar-refractivity contribution >= 4 is 11.9 Å². The second kappa shape index (κ2) is 2.90. The molecule has 4 nitrogen and oxygen atoms in total. The van der Waals surface area contributed by atoms with Gasteiger partial charge in [0.25, 0.3) is 0 Å². The Balaban J connectivity index is 2.48. The van der Waals surface area contributed by atoms with Gasteiger partial charge < -0.3 is 10.0 Å². The van der Waals surface area contributed by atoms with Crippen LogP contribution in [0.5, 0.6) is 0 Å². The number of carboxylic acid groups (broad SMARTS) is 1. The molecule has 1 rings (SSSR count). The lowest BCUT2D eigenvalue weighted by Crippen LogP contribution is -2.30. The molecule has 0 aromatic rings. The molecular weight excluding hydrogens is 146 g/mol. The van der Waals surface area contributed by atoms with Crippen molar-refractivity contribution < 1.29 is 14.7 Å². The van der Waals surface area contributed by atoms with Gasteiger partial charge in [0.2, 0.25) is 5.91 Å². The molecule has 1 aliphatic rings. The molecule has 0 saturated carbocycles. The Morgan fingerprint density at radius 2 is 2.45 bits per heavy atom. The Labute approximate surface area is 64.8 Å². The van der Waals surface area contributed by atoms with Crippen molar-refractivity contribution in [1.82, 2.24) is 4.90 Å². The number of hydrogen-bond donors (Lipinski definition) is 1. The Morgan fingerprint density at radius 1 is 1.82 bits per heavy atom. The molecule has 0 unspecified atom stereocenters. The Hall–Kier alpha value is -1.06. The van der Waals surface area contributed by atoms with Crippen LogP contribution in [-0.4, -0.2) is 35.0 Å². The van der Waals surface area contributed by atoms with Crippen molar-refractivity contribution in [2.24, 2.45) is 0 Å². The lowest BCUT2D eigenvalue weighted by molar-refractivity contribution is -0.138. The smallest absolute Gasteiger partial charge is 0.305 e. The van der Waals surface area contributed by atoms with E-state index in [1.807, 2.05) is 0 Å². The maximum absolute atomic E-state index is 10.9. The van der Waals surface area contributed by atoms with Gasteiger partial charge in [-0.3, -0.25) is 9.59 Å².